The van der Waals surface area contributed by atoms with E-state index < -0.39 is 12.1 Å². The third-order valence-corrected chi connectivity index (χ3v) is 7.66. The molecule has 1 unspecified atom stereocenters. The molecule has 0 saturated heterocycles. The molecule has 43 heavy (non-hydrogen) atoms. The molecule has 0 aliphatic carbocycles. The summed E-state index contributed by atoms with van der Waals surface area (Å²) in [4.78, 5) is 50.1. The van der Waals surface area contributed by atoms with E-state index in [1.54, 1.807) is 15.6 Å². The number of carbonyl (C=O) groups is 3. The number of aromatic amines is 1. The minimum Gasteiger partial charge on any atom is -0.361 e. The molecule has 3 aromatic heterocycles. The van der Waals surface area contributed by atoms with Crippen molar-refractivity contribution >= 4 is 28.6 Å². The number of nitrogens with one attached hydrogen (secondary N) is 3. The molecule has 0 spiro atoms. The van der Waals surface area contributed by atoms with E-state index in [0.29, 0.717) is 62.0 Å². The Balaban J connectivity index is 1.44. The van der Waals surface area contributed by atoms with Crippen molar-refractivity contribution in [1.29, 1.82) is 0 Å². The van der Waals surface area contributed by atoms with Crippen LogP contribution in [-0.2, 0) is 33.8 Å². The second-order valence-electron chi connectivity index (χ2n) is 11.7. The van der Waals surface area contributed by atoms with E-state index in [0.717, 1.165) is 16.5 Å². The van der Waals surface area contributed by atoms with E-state index in [-0.39, 0.29) is 36.5 Å². The van der Waals surface area contributed by atoms with E-state index in [2.05, 4.69) is 39.7 Å². The van der Waals surface area contributed by atoms with Gasteiger partial charge in [-0.2, -0.15) is 5.10 Å². The molecular formula is C31H40N8O4. The third kappa shape index (κ3) is 7.49. The maximum Gasteiger partial charge on any atom is 0.243 e. The fourth-order valence-corrected chi connectivity index (χ4v) is 5.63. The first-order chi connectivity index (χ1) is 20.7. The van der Waals surface area contributed by atoms with Crippen molar-refractivity contribution in [2.24, 2.45) is 5.92 Å². The monoisotopic (exact) mass is 588 g/mol. The van der Waals surface area contributed by atoms with E-state index in [1.165, 1.54) is 0 Å². The quantitative estimate of drug-likeness (QED) is 0.313. The minimum atomic E-state index is -0.797. The number of carbonyl (C=O) groups excluding carboxylic acids is 3. The van der Waals surface area contributed by atoms with Gasteiger partial charge in [-0.25, -0.2) is 9.67 Å². The molecule has 12 heteroatoms. The van der Waals surface area contributed by atoms with Gasteiger partial charge in [-0.3, -0.25) is 14.4 Å². The zero-order valence-corrected chi connectivity index (χ0v) is 25.2. The smallest absolute Gasteiger partial charge is 0.243 e. The van der Waals surface area contributed by atoms with Crippen LogP contribution in [0.4, 0.5) is 0 Å². The molecule has 2 atom stereocenters. The Morgan fingerprint density at radius 1 is 1.09 bits per heavy atom. The molecule has 228 valence electrons. The number of aryl methyl sites for hydroxylation is 2. The van der Waals surface area contributed by atoms with E-state index in [4.69, 9.17) is 9.51 Å². The summed E-state index contributed by atoms with van der Waals surface area (Å²) >= 11 is 0. The van der Waals surface area contributed by atoms with Crippen molar-refractivity contribution in [3.8, 4) is 0 Å². The lowest BCUT2D eigenvalue weighted by Gasteiger charge is -2.27. The lowest BCUT2D eigenvalue weighted by molar-refractivity contribution is -0.132. The molecule has 12 nitrogen and oxygen atoms in total. The molecule has 4 aromatic rings. The van der Waals surface area contributed by atoms with Gasteiger partial charge >= 0.3 is 0 Å². The summed E-state index contributed by atoms with van der Waals surface area (Å²) in [6.07, 6.45) is 3.53. The van der Waals surface area contributed by atoms with Crippen molar-refractivity contribution in [3.05, 3.63) is 65.2 Å². The third-order valence-electron chi connectivity index (χ3n) is 7.66. The maximum absolute atomic E-state index is 13.9. The van der Waals surface area contributed by atoms with Crippen LogP contribution in [-0.4, -0.2) is 66.7 Å². The molecule has 3 amide bonds. The van der Waals surface area contributed by atoms with Crippen LogP contribution in [0.5, 0.6) is 0 Å². The maximum atomic E-state index is 13.9. The molecule has 1 aliphatic heterocycles. The normalized spacial score (nSPS) is 18.8. The predicted octanol–water partition coefficient (Wildman–Crippen LogP) is 3.16. The molecule has 1 aromatic carbocycles. The fourth-order valence-electron chi connectivity index (χ4n) is 5.63. The highest BCUT2D eigenvalue weighted by Gasteiger charge is 2.29. The first kappa shape index (κ1) is 30.0. The Hall–Kier alpha value is -4.48. The molecular weight excluding hydrogens is 548 g/mol. The molecule has 0 bridgehead atoms. The number of fused-ring (bicyclic) bond motifs is 2. The standard InChI is InChI=1S/C31H40N8O4/c1-19(2)14-26-30-33-21(4)36-39(30)13-12-38(29(41)17-23-15-20(3)37-43-23)11-7-10-28(40)34-27(31(42)35-26)16-22-18-32-25-9-6-5-8-24(22)25/h5-6,8-9,15,18-19,26-27,32H,7,10-14,16-17H2,1-4H3,(H,34,40)(H,35,42)/t26?,27-/m1/s1. The van der Waals surface area contributed by atoms with Crippen molar-refractivity contribution in [3.63, 3.8) is 0 Å². The number of rotatable bonds is 6. The van der Waals surface area contributed by atoms with Gasteiger partial charge in [-0.1, -0.05) is 37.2 Å². The van der Waals surface area contributed by atoms with Gasteiger partial charge in [0.1, 0.15) is 23.5 Å². The van der Waals surface area contributed by atoms with Gasteiger partial charge < -0.3 is 25.0 Å². The minimum absolute atomic E-state index is 0.0784. The summed E-state index contributed by atoms with van der Waals surface area (Å²) in [5.74, 6) is 1.33. The number of hydrogen-bond donors (Lipinski definition) is 3. The highest BCUT2D eigenvalue weighted by Crippen LogP contribution is 2.23. The molecule has 0 radical (unpaired) electrons. The highest BCUT2D eigenvalue weighted by atomic mass is 16.5. The van der Waals surface area contributed by atoms with Crippen LogP contribution >= 0.6 is 0 Å². The van der Waals surface area contributed by atoms with E-state index in [1.807, 2.05) is 44.3 Å². The second kappa shape index (κ2) is 13.2. The Morgan fingerprint density at radius 2 is 1.91 bits per heavy atom. The summed E-state index contributed by atoms with van der Waals surface area (Å²) in [5, 5.41) is 15.7. The van der Waals surface area contributed by atoms with Crippen molar-refractivity contribution < 1.29 is 18.9 Å². The molecule has 0 saturated carbocycles. The van der Waals surface area contributed by atoms with Gasteiger partial charge in [0.2, 0.25) is 17.7 Å². The Bertz CT molecular complexity index is 1590. The van der Waals surface area contributed by atoms with Gasteiger partial charge in [0.15, 0.2) is 0 Å². The van der Waals surface area contributed by atoms with Gasteiger partial charge in [0.05, 0.1) is 24.7 Å². The van der Waals surface area contributed by atoms with Crippen molar-refractivity contribution in [2.45, 2.75) is 78.4 Å². The number of nitrogens with zero attached hydrogens (tertiary/aromatic N) is 5. The van der Waals surface area contributed by atoms with Crippen LogP contribution in [0, 0.1) is 19.8 Å². The number of hydrogen-bond acceptors (Lipinski definition) is 7. The van der Waals surface area contributed by atoms with Gasteiger partial charge in [0.25, 0.3) is 0 Å². The topological polar surface area (TPSA) is 151 Å². The first-order valence-corrected chi connectivity index (χ1v) is 14.9. The summed E-state index contributed by atoms with van der Waals surface area (Å²) in [7, 11) is 0. The van der Waals surface area contributed by atoms with E-state index >= 15 is 0 Å². The first-order valence-electron chi connectivity index (χ1n) is 14.9. The van der Waals surface area contributed by atoms with Crippen LogP contribution in [0.25, 0.3) is 10.9 Å². The zero-order valence-electron chi connectivity index (χ0n) is 25.2. The van der Waals surface area contributed by atoms with Gasteiger partial charge in [-0.15, -0.1) is 0 Å². The summed E-state index contributed by atoms with van der Waals surface area (Å²) in [5.41, 5.74) is 2.62. The van der Waals surface area contributed by atoms with Gasteiger partial charge in [0, 0.05) is 49.1 Å². The molecule has 0 fully saturated rings. The number of aromatic nitrogens is 5. The fraction of sp³-hybridized carbons (Fsp3) is 0.484. The van der Waals surface area contributed by atoms with Crippen LogP contribution < -0.4 is 10.6 Å². The number of H-pyrrole nitrogens is 1. The van der Waals surface area contributed by atoms with Crippen LogP contribution in [0.1, 0.15) is 67.8 Å². The second-order valence-corrected chi connectivity index (χ2v) is 11.7. The number of amides is 3. The predicted molar refractivity (Wildman–Crippen MR) is 160 cm³/mol. The van der Waals surface area contributed by atoms with Gasteiger partial charge in [-0.05, 0) is 44.2 Å². The molecule has 1 aliphatic rings. The SMILES string of the molecule is Cc1cc(CC(=O)N2CCCC(=O)N[C@H](Cc3c[nH]c4ccccc34)C(=O)NC(CC(C)C)c3nc(C)nn3CC2)on1. The Morgan fingerprint density at radius 3 is 2.67 bits per heavy atom. The molecule has 5 rings (SSSR count). The lowest BCUT2D eigenvalue weighted by Crippen LogP contribution is -2.49. The van der Waals surface area contributed by atoms with Crippen LogP contribution in [0.3, 0.4) is 0 Å². The Labute approximate surface area is 250 Å². The Kier molecular flexibility index (Phi) is 9.22. The summed E-state index contributed by atoms with van der Waals surface area (Å²) in [6, 6.07) is 8.41. The average Bonchev–Trinajstić information content (AvgIpc) is 3.67. The highest BCUT2D eigenvalue weighted by molar-refractivity contribution is 5.90. The van der Waals surface area contributed by atoms with E-state index in [9.17, 15) is 14.4 Å². The zero-order chi connectivity index (χ0) is 30.5. The molecule has 3 N–H and O–H groups in total. The number of para-hydroxylation sites is 1. The van der Waals surface area contributed by atoms with Crippen molar-refractivity contribution in [2.75, 3.05) is 13.1 Å². The summed E-state index contributed by atoms with van der Waals surface area (Å²) in [6.45, 7) is 8.94. The average molecular weight is 589 g/mol. The largest absolute Gasteiger partial charge is 0.361 e. The number of benzene rings is 1. The van der Waals surface area contributed by atoms with Crippen LogP contribution in [0.15, 0.2) is 41.1 Å². The summed E-state index contributed by atoms with van der Waals surface area (Å²) < 4.78 is 7.07. The van der Waals surface area contributed by atoms with Crippen molar-refractivity contribution in [1.82, 2.24) is 40.4 Å². The van der Waals surface area contributed by atoms with Crippen LogP contribution in [0.2, 0.25) is 0 Å². The molecule has 4 heterocycles. The lowest BCUT2D eigenvalue weighted by atomic mass is 10.0.